The highest BCUT2D eigenvalue weighted by molar-refractivity contribution is 9.10. The maximum atomic E-state index is 11.8. The summed E-state index contributed by atoms with van der Waals surface area (Å²) >= 11 is 3.30. The van der Waals surface area contributed by atoms with Gasteiger partial charge >= 0.3 is 0 Å². The van der Waals surface area contributed by atoms with Crippen LogP contribution in [0.5, 0.6) is 0 Å². The molecule has 0 fully saturated rings. The number of halogens is 1. The van der Waals surface area contributed by atoms with Crippen molar-refractivity contribution < 1.29 is 9.59 Å². The first-order valence-electron chi connectivity index (χ1n) is 6.40. The number of rotatable bonds is 6. The lowest BCUT2D eigenvalue weighted by Gasteiger charge is -2.14. The molecule has 0 aliphatic rings. The minimum absolute atomic E-state index is 0.00183. The summed E-state index contributed by atoms with van der Waals surface area (Å²) in [6.07, 6.45) is 1.78. The van der Waals surface area contributed by atoms with Gasteiger partial charge in [-0.05, 0) is 31.0 Å². The van der Waals surface area contributed by atoms with Crippen molar-refractivity contribution in [3.8, 4) is 0 Å². The fraction of sp³-hybridized carbons (Fsp3) is 0.429. The summed E-state index contributed by atoms with van der Waals surface area (Å²) in [4.78, 5) is 23.5. The van der Waals surface area contributed by atoms with E-state index in [9.17, 15) is 9.59 Å². The number of hydrogen-bond donors (Lipinski definition) is 2. The molecule has 0 aromatic heterocycles. The maximum Gasteiger partial charge on any atom is 0.251 e. The van der Waals surface area contributed by atoms with Gasteiger partial charge in [0, 0.05) is 16.1 Å². The van der Waals surface area contributed by atoms with Gasteiger partial charge in [-0.1, -0.05) is 35.8 Å². The molecule has 0 saturated carbocycles. The van der Waals surface area contributed by atoms with Crippen molar-refractivity contribution >= 4 is 27.7 Å². The molecule has 0 aliphatic carbocycles. The average molecular weight is 327 g/mol. The average Bonchev–Trinajstić information content (AvgIpc) is 2.42. The number of carbonyl (C=O) groups excluding carboxylic acids is 2. The third-order valence-corrected chi connectivity index (χ3v) is 3.34. The molecule has 1 aromatic carbocycles. The molecule has 0 atom stereocenters. The van der Waals surface area contributed by atoms with Crippen LogP contribution in [0.25, 0.3) is 0 Å². The third-order valence-electron chi connectivity index (χ3n) is 2.85. The van der Waals surface area contributed by atoms with Gasteiger partial charge in [0.25, 0.3) is 5.91 Å². The van der Waals surface area contributed by atoms with Gasteiger partial charge in [0.1, 0.15) is 0 Å². The van der Waals surface area contributed by atoms with Crippen LogP contribution in [0.1, 0.15) is 37.0 Å². The molecule has 0 radical (unpaired) electrons. The summed E-state index contributed by atoms with van der Waals surface area (Å²) in [6, 6.07) is 7.22. The summed E-state index contributed by atoms with van der Waals surface area (Å²) in [5.74, 6) is -0.405. The van der Waals surface area contributed by atoms with E-state index in [-0.39, 0.29) is 24.4 Å². The minimum Gasteiger partial charge on any atom is -0.352 e. The summed E-state index contributed by atoms with van der Waals surface area (Å²) in [5, 5.41) is 5.48. The first-order chi connectivity index (χ1) is 9.06. The van der Waals surface area contributed by atoms with Crippen LogP contribution in [0.3, 0.4) is 0 Å². The Morgan fingerprint density at radius 3 is 2.53 bits per heavy atom. The number of amides is 2. The monoisotopic (exact) mass is 326 g/mol. The molecule has 0 spiro atoms. The Morgan fingerprint density at radius 1 is 1.26 bits per heavy atom. The number of carbonyl (C=O) groups is 2. The van der Waals surface area contributed by atoms with Crippen molar-refractivity contribution in [2.75, 3.05) is 6.54 Å². The molecular weight excluding hydrogens is 308 g/mol. The molecular formula is C14H19BrN2O2. The molecule has 0 saturated heterocycles. The number of nitrogens with one attached hydrogen (secondary N) is 2. The van der Waals surface area contributed by atoms with Gasteiger partial charge in [0.2, 0.25) is 5.91 Å². The van der Waals surface area contributed by atoms with Gasteiger partial charge in [-0.15, -0.1) is 0 Å². The standard InChI is InChI=1S/C14H19BrN2O2/c1-3-12(4-2)17-13(18)9-16-14(19)10-6-5-7-11(15)8-10/h5-8,12H,3-4,9H2,1-2H3,(H,16,19)(H,17,18). The molecule has 0 aliphatic heterocycles. The maximum absolute atomic E-state index is 11.8. The minimum atomic E-state index is -0.249. The molecule has 2 amide bonds. The second-order valence-electron chi connectivity index (χ2n) is 4.27. The van der Waals surface area contributed by atoms with Crippen LogP contribution >= 0.6 is 15.9 Å². The lowest BCUT2D eigenvalue weighted by molar-refractivity contribution is -0.120. The molecule has 2 N–H and O–H groups in total. The van der Waals surface area contributed by atoms with Crippen molar-refractivity contribution in [3.05, 3.63) is 34.3 Å². The van der Waals surface area contributed by atoms with Gasteiger partial charge in [-0.2, -0.15) is 0 Å². The second-order valence-corrected chi connectivity index (χ2v) is 5.19. The van der Waals surface area contributed by atoms with E-state index in [1.165, 1.54) is 0 Å². The Labute approximate surface area is 122 Å². The lowest BCUT2D eigenvalue weighted by Crippen LogP contribution is -2.41. The van der Waals surface area contributed by atoms with Gasteiger partial charge < -0.3 is 10.6 Å². The summed E-state index contributed by atoms with van der Waals surface area (Å²) in [6.45, 7) is 4.05. The Bertz CT molecular complexity index is 445. The summed E-state index contributed by atoms with van der Waals surface area (Å²) in [5.41, 5.74) is 0.532. The molecule has 4 nitrogen and oxygen atoms in total. The predicted molar refractivity (Wildman–Crippen MR) is 79.0 cm³/mol. The highest BCUT2D eigenvalue weighted by atomic mass is 79.9. The van der Waals surface area contributed by atoms with Crippen molar-refractivity contribution in [2.45, 2.75) is 32.7 Å². The van der Waals surface area contributed by atoms with Crippen LogP contribution in [-0.2, 0) is 4.79 Å². The highest BCUT2D eigenvalue weighted by Gasteiger charge is 2.10. The van der Waals surface area contributed by atoms with Crippen LogP contribution in [0.2, 0.25) is 0 Å². The van der Waals surface area contributed by atoms with E-state index in [0.717, 1.165) is 17.3 Å². The van der Waals surface area contributed by atoms with Gasteiger partial charge in [-0.25, -0.2) is 0 Å². The first-order valence-corrected chi connectivity index (χ1v) is 7.19. The van der Waals surface area contributed by atoms with Crippen LogP contribution in [0.15, 0.2) is 28.7 Å². The molecule has 1 aromatic rings. The van der Waals surface area contributed by atoms with Crippen molar-refractivity contribution in [1.29, 1.82) is 0 Å². The Kier molecular flexibility index (Phi) is 6.56. The SMILES string of the molecule is CCC(CC)NC(=O)CNC(=O)c1cccc(Br)c1. The Morgan fingerprint density at radius 2 is 1.95 bits per heavy atom. The van der Waals surface area contributed by atoms with E-state index in [1.54, 1.807) is 18.2 Å². The van der Waals surface area contributed by atoms with Crippen molar-refractivity contribution in [2.24, 2.45) is 0 Å². The van der Waals surface area contributed by atoms with Crippen LogP contribution in [0, 0.1) is 0 Å². The Hall–Kier alpha value is -1.36. The fourth-order valence-electron chi connectivity index (χ4n) is 1.66. The zero-order valence-electron chi connectivity index (χ0n) is 11.2. The van der Waals surface area contributed by atoms with Crippen LogP contribution in [0.4, 0.5) is 0 Å². The van der Waals surface area contributed by atoms with E-state index in [2.05, 4.69) is 26.6 Å². The smallest absolute Gasteiger partial charge is 0.251 e. The molecule has 19 heavy (non-hydrogen) atoms. The quantitative estimate of drug-likeness (QED) is 0.843. The number of hydrogen-bond acceptors (Lipinski definition) is 2. The largest absolute Gasteiger partial charge is 0.352 e. The molecule has 0 bridgehead atoms. The molecule has 5 heteroatoms. The Balaban J connectivity index is 2.44. The van der Waals surface area contributed by atoms with Gasteiger partial charge in [0.15, 0.2) is 0 Å². The van der Waals surface area contributed by atoms with Crippen LogP contribution in [-0.4, -0.2) is 24.4 Å². The molecule has 0 unspecified atom stereocenters. The van der Waals surface area contributed by atoms with Crippen LogP contribution < -0.4 is 10.6 Å². The summed E-state index contributed by atoms with van der Waals surface area (Å²) in [7, 11) is 0. The normalized spacial score (nSPS) is 10.3. The molecule has 1 rings (SSSR count). The molecule has 104 valence electrons. The predicted octanol–water partition coefficient (Wildman–Crippen LogP) is 2.48. The third kappa shape index (κ3) is 5.42. The zero-order valence-corrected chi connectivity index (χ0v) is 12.8. The second kappa shape index (κ2) is 7.94. The van der Waals surface area contributed by atoms with Gasteiger partial charge in [-0.3, -0.25) is 9.59 Å². The van der Waals surface area contributed by atoms with E-state index < -0.39 is 0 Å². The van der Waals surface area contributed by atoms with Crippen molar-refractivity contribution in [1.82, 2.24) is 10.6 Å². The lowest BCUT2D eigenvalue weighted by atomic mass is 10.2. The number of benzene rings is 1. The fourth-order valence-corrected chi connectivity index (χ4v) is 2.06. The topological polar surface area (TPSA) is 58.2 Å². The highest BCUT2D eigenvalue weighted by Crippen LogP contribution is 2.11. The van der Waals surface area contributed by atoms with E-state index in [4.69, 9.17) is 0 Å². The zero-order chi connectivity index (χ0) is 14.3. The van der Waals surface area contributed by atoms with E-state index in [0.29, 0.717) is 5.56 Å². The van der Waals surface area contributed by atoms with E-state index >= 15 is 0 Å². The molecule has 0 heterocycles. The summed E-state index contributed by atoms with van der Waals surface area (Å²) < 4.78 is 0.835. The van der Waals surface area contributed by atoms with E-state index in [1.807, 2.05) is 19.9 Å². The van der Waals surface area contributed by atoms with Gasteiger partial charge in [0.05, 0.1) is 6.54 Å². The van der Waals surface area contributed by atoms with Crippen molar-refractivity contribution in [3.63, 3.8) is 0 Å². The first kappa shape index (κ1) is 15.7.